The summed E-state index contributed by atoms with van der Waals surface area (Å²) in [5, 5.41) is 0. The highest BCUT2D eigenvalue weighted by Gasteiger charge is 2.35. The molecule has 0 aliphatic carbocycles. The van der Waals surface area contributed by atoms with E-state index < -0.39 is 10.0 Å². The number of pyridine rings is 1. The number of benzene rings is 1. The van der Waals surface area contributed by atoms with Gasteiger partial charge in [0.25, 0.3) is 0 Å². The maximum atomic E-state index is 13.3. The van der Waals surface area contributed by atoms with Crippen molar-refractivity contribution in [3.05, 3.63) is 48.3 Å². The first kappa shape index (κ1) is 20.3. The third-order valence-electron chi connectivity index (χ3n) is 6.25. The predicted octanol–water partition coefficient (Wildman–Crippen LogP) is 2.50. The predicted molar refractivity (Wildman–Crippen MR) is 116 cm³/mol. The minimum Gasteiger partial charge on any atom is -0.488 e. The number of fused-ring (bicyclic) bond motifs is 1. The van der Waals surface area contributed by atoms with Crippen LogP contribution in [0.4, 0.5) is 10.5 Å². The number of ether oxygens (including phenoxy) is 1. The molecule has 1 aromatic heterocycles. The Morgan fingerprint density at radius 3 is 2.58 bits per heavy atom. The summed E-state index contributed by atoms with van der Waals surface area (Å²) < 4.78 is 33.5. The molecule has 3 aliphatic rings. The van der Waals surface area contributed by atoms with Crippen molar-refractivity contribution in [2.24, 2.45) is 0 Å². The van der Waals surface area contributed by atoms with E-state index >= 15 is 0 Å². The third kappa shape index (κ3) is 3.87. The fourth-order valence-corrected chi connectivity index (χ4v) is 6.11. The highest BCUT2D eigenvalue weighted by Crippen LogP contribution is 2.33. The molecule has 1 aromatic carbocycles. The molecule has 1 unspecified atom stereocenters. The number of anilines is 1. The van der Waals surface area contributed by atoms with Gasteiger partial charge in [0.2, 0.25) is 10.0 Å². The average molecular weight is 443 g/mol. The van der Waals surface area contributed by atoms with E-state index in [-0.39, 0.29) is 17.0 Å². The normalized spacial score (nSPS) is 21.5. The van der Waals surface area contributed by atoms with Gasteiger partial charge in [0.1, 0.15) is 11.9 Å². The van der Waals surface area contributed by atoms with Gasteiger partial charge in [0.15, 0.2) is 0 Å². The maximum Gasteiger partial charge on any atom is 0.324 e. The molecule has 2 aromatic rings. The molecule has 0 bridgehead atoms. The number of sulfonamides is 1. The lowest BCUT2D eigenvalue weighted by molar-refractivity contribution is 0.191. The van der Waals surface area contributed by atoms with Crippen LogP contribution >= 0.6 is 0 Å². The van der Waals surface area contributed by atoms with E-state index in [2.05, 4.69) is 4.98 Å². The minimum atomic E-state index is -3.52. The van der Waals surface area contributed by atoms with Crippen LogP contribution in [0.5, 0.6) is 5.75 Å². The van der Waals surface area contributed by atoms with Crippen LogP contribution in [0.1, 0.15) is 24.8 Å². The zero-order chi connectivity index (χ0) is 21.4. The number of likely N-dealkylation sites (tertiary alicyclic amines) is 1. The second kappa shape index (κ2) is 8.12. The van der Waals surface area contributed by atoms with Gasteiger partial charge in [-0.2, -0.15) is 4.31 Å². The first-order valence-electron chi connectivity index (χ1n) is 10.8. The number of carbonyl (C=O) groups is 1. The van der Waals surface area contributed by atoms with Crippen molar-refractivity contribution in [2.45, 2.75) is 36.7 Å². The van der Waals surface area contributed by atoms with Crippen molar-refractivity contribution in [3.63, 3.8) is 0 Å². The zero-order valence-electron chi connectivity index (χ0n) is 17.3. The molecule has 9 heteroatoms. The molecule has 0 radical (unpaired) electrons. The summed E-state index contributed by atoms with van der Waals surface area (Å²) in [5.41, 5.74) is 1.72. The SMILES string of the molecule is O=C(N1CCC(Oc2ccncc2)C1)N1CCc2ccc(S(=O)(=O)N3CCCC3)cc21. The summed E-state index contributed by atoms with van der Waals surface area (Å²) in [7, 11) is -3.52. The average Bonchev–Trinajstić information content (AvgIpc) is 3.54. The van der Waals surface area contributed by atoms with E-state index in [1.54, 1.807) is 34.3 Å². The lowest BCUT2D eigenvalue weighted by atomic mass is 10.2. The molecule has 0 saturated carbocycles. The number of urea groups is 1. The standard InChI is InChI=1S/C22H26N4O4S/c27-22(24-13-8-19(16-24)30-18-5-9-23-10-6-18)26-14-7-17-3-4-20(15-21(17)26)31(28,29)25-11-1-2-12-25/h3-6,9-10,15,19H,1-2,7-8,11-14,16H2. The monoisotopic (exact) mass is 442 g/mol. The topological polar surface area (TPSA) is 83.0 Å². The maximum absolute atomic E-state index is 13.3. The Labute approximate surface area is 182 Å². The molecule has 1 atom stereocenters. The fraction of sp³-hybridized carbons (Fsp3) is 0.455. The molecule has 5 rings (SSSR count). The lowest BCUT2D eigenvalue weighted by Gasteiger charge is -2.25. The summed E-state index contributed by atoms with van der Waals surface area (Å²) in [5.74, 6) is 0.748. The van der Waals surface area contributed by atoms with Crippen LogP contribution in [0.15, 0.2) is 47.6 Å². The Morgan fingerprint density at radius 1 is 1.03 bits per heavy atom. The van der Waals surface area contributed by atoms with E-state index in [1.807, 2.05) is 18.2 Å². The summed E-state index contributed by atoms with van der Waals surface area (Å²) in [6, 6.07) is 8.73. The van der Waals surface area contributed by atoms with Gasteiger partial charge < -0.3 is 9.64 Å². The number of amides is 2. The summed E-state index contributed by atoms with van der Waals surface area (Å²) in [6.07, 6.45) is 6.59. The smallest absolute Gasteiger partial charge is 0.324 e. The first-order chi connectivity index (χ1) is 15.0. The minimum absolute atomic E-state index is 0.0599. The Balaban J connectivity index is 1.31. The number of aromatic nitrogens is 1. The quantitative estimate of drug-likeness (QED) is 0.727. The Kier molecular flexibility index (Phi) is 5.31. The van der Waals surface area contributed by atoms with Crippen molar-refractivity contribution < 1.29 is 17.9 Å². The van der Waals surface area contributed by atoms with Crippen LogP contribution in [0.25, 0.3) is 0 Å². The molecular formula is C22H26N4O4S. The summed E-state index contributed by atoms with van der Waals surface area (Å²) in [6.45, 7) is 2.82. The third-order valence-corrected chi connectivity index (χ3v) is 8.15. The van der Waals surface area contributed by atoms with E-state index in [4.69, 9.17) is 4.74 Å². The Bertz CT molecular complexity index is 1070. The number of nitrogens with zero attached hydrogens (tertiary/aromatic N) is 4. The molecule has 2 saturated heterocycles. The lowest BCUT2D eigenvalue weighted by Crippen LogP contribution is -2.42. The van der Waals surface area contributed by atoms with Crippen molar-refractivity contribution in [1.29, 1.82) is 0 Å². The molecule has 8 nitrogen and oxygen atoms in total. The van der Waals surface area contributed by atoms with Gasteiger partial charge >= 0.3 is 6.03 Å². The van der Waals surface area contributed by atoms with E-state index in [0.717, 1.165) is 37.0 Å². The highest BCUT2D eigenvalue weighted by molar-refractivity contribution is 7.89. The zero-order valence-corrected chi connectivity index (χ0v) is 18.1. The highest BCUT2D eigenvalue weighted by atomic mass is 32.2. The van der Waals surface area contributed by atoms with Crippen LogP contribution in [0.3, 0.4) is 0 Å². The molecule has 0 spiro atoms. The van der Waals surface area contributed by atoms with Gasteiger partial charge in [-0.1, -0.05) is 6.07 Å². The number of hydrogen-bond donors (Lipinski definition) is 0. The van der Waals surface area contributed by atoms with Crippen LogP contribution < -0.4 is 9.64 Å². The molecule has 2 fully saturated rings. The second-order valence-corrected chi connectivity index (χ2v) is 10.2. The van der Waals surface area contributed by atoms with Gasteiger partial charge in [-0.3, -0.25) is 9.88 Å². The molecule has 4 heterocycles. The van der Waals surface area contributed by atoms with Gasteiger partial charge in [-0.05, 0) is 49.1 Å². The molecule has 31 heavy (non-hydrogen) atoms. The van der Waals surface area contributed by atoms with Crippen molar-refractivity contribution in [2.75, 3.05) is 37.6 Å². The van der Waals surface area contributed by atoms with Crippen LogP contribution in [-0.2, 0) is 16.4 Å². The van der Waals surface area contributed by atoms with Crippen LogP contribution in [0.2, 0.25) is 0 Å². The number of rotatable bonds is 4. The molecule has 164 valence electrons. The van der Waals surface area contributed by atoms with E-state index in [9.17, 15) is 13.2 Å². The second-order valence-electron chi connectivity index (χ2n) is 8.24. The van der Waals surface area contributed by atoms with Crippen LogP contribution in [-0.4, -0.2) is 67.5 Å². The van der Waals surface area contributed by atoms with Gasteiger partial charge in [0, 0.05) is 45.0 Å². The first-order valence-corrected chi connectivity index (χ1v) is 12.2. The van der Waals surface area contributed by atoms with E-state index in [1.165, 1.54) is 4.31 Å². The molecule has 0 N–H and O–H groups in total. The summed E-state index contributed by atoms with van der Waals surface area (Å²) >= 11 is 0. The van der Waals surface area contributed by atoms with E-state index in [0.29, 0.717) is 38.4 Å². The largest absolute Gasteiger partial charge is 0.488 e. The van der Waals surface area contributed by atoms with Crippen molar-refractivity contribution in [1.82, 2.24) is 14.2 Å². The fourth-order valence-electron chi connectivity index (χ4n) is 4.57. The van der Waals surface area contributed by atoms with Crippen molar-refractivity contribution >= 4 is 21.7 Å². The van der Waals surface area contributed by atoms with Crippen LogP contribution in [0, 0.1) is 0 Å². The Morgan fingerprint density at radius 2 is 1.81 bits per heavy atom. The van der Waals surface area contributed by atoms with Gasteiger partial charge in [-0.15, -0.1) is 0 Å². The van der Waals surface area contributed by atoms with Gasteiger partial charge in [-0.25, -0.2) is 13.2 Å². The molecule has 2 amide bonds. The Hall–Kier alpha value is -2.65. The number of hydrogen-bond acceptors (Lipinski definition) is 5. The van der Waals surface area contributed by atoms with Gasteiger partial charge in [0.05, 0.1) is 17.1 Å². The number of carbonyl (C=O) groups excluding carboxylic acids is 1. The summed E-state index contributed by atoms with van der Waals surface area (Å²) in [4.78, 5) is 21.0. The molecular weight excluding hydrogens is 416 g/mol. The van der Waals surface area contributed by atoms with Crippen molar-refractivity contribution in [3.8, 4) is 5.75 Å². The molecule has 3 aliphatic heterocycles.